The molecule has 5 nitrogen and oxygen atoms in total. The topological polar surface area (TPSA) is 59.8 Å². The van der Waals surface area contributed by atoms with Gasteiger partial charge in [-0.1, -0.05) is 17.4 Å². The average Bonchev–Trinajstić information content (AvgIpc) is 2.83. The lowest BCUT2D eigenvalue weighted by atomic mass is 10.1. The second-order valence-electron chi connectivity index (χ2n) is 5.76. The summed E-state index contributed by atoms with van der Waals surface area (Å²) in [5.41, 5.74) is 0.960. The molecule has 0 bridgehead atoms. The van der Waals surface area contributed by atoms with Crippen LogP contribution in [-0.4, -0.2) is 14.5 Å². The monoisotopic (exact) mass is 380 g/mol. The summed E-state index contributed by atoms with van der Waals surface area (Å²) in [5.74, 6) is 0.155. The second kappa shape index (κ2) is 6.56. The molecule has 3 rings (SSSR count). The third kappa shape index (κ3) is 3.48. The molecule has 3 aromatic rings. The zero-order valence-corrected chi connectivity index (χ0v) is 15.0. The average molecular weight is 380 g/mol. The number of alkyl halides is 3. The molecule has 0 aliphatic rings. The molecular formula is C17H15F3N4OS. The number of hydrogen-bond acceptors (Lipinski definition) is 5. The van der Waals surface area contributed by atoms with Crippen LogP contribution in [-0.2, 0) is 13.2 Å². The van der Waals surface area contributed by atoms with Crippen LogP contribution in [0.2, 0.25) is 0 Å². The van der Waals surface area contributed by atoms with Crippen molar-refractivity contribution in [1.29, 1.82) is 0 Å². The number of benzene rings is 1. The lowest BCUT2D eigenvalue weighted by Gasteiger charge is -2.13. The van der Waals surface area contributed by atoms with Gasteiger partial charge >= 0.3 is 11.0 Å². The minimum Gasteiger partial charge on any atom is -0.324 e. The smallest absolute Gasteiger partial charge is 0.324 e. The Morgan fingerprint density at radius 2 is 1.92 bits per heavy atom. The summed E-state index contributed by atoms with van der Waals surface area (Å²) in [6, 6.07) is 5.60. The van der Waals surface area contributed by atoms with Gasteiger partial charge in [0.1, 0.15) is 0 Å². The summed E-state index contributed by atoms with van der Waals surface area (Å²) in [5, 5.41) is 2.79. The number of anilines is 2. The Labute approximate surface area is 151 Å². The lowest BCUT2D eigenvalue weighted by molar-refractivity contribution is -0.138. The van der Waals surface area contributed by atoms with Crippen LogP contribution in [0.3, 0.4) is 0 Å². The first-order valence-corrected chi connectivity index (χ1v) is 8.43. The number of aromatic nitrogens is 3. The number of hydrogen-bond donors (Lipinski definition) is 1. The summed E-state index contributed by atoms with van der Waals surface area (Å²) < 4.78 is 40.7. The van der Waals surface area contributed by atoms with Gasteiger partial charge < -0.3 is 9.88 Å². The Morgan fingerprint density at radius 3 is 2.54 bits per heavy atom. The number of thiazole rings is 1. The molecule has 2 aromatic heterocycles. The van der Waals surface area contributed by atoms with Gasteiger partial charge in [-0.2, -0.15) is 13.2 Å². The van der Waals surface area contributed by atoms with Crippen molar-refractivity contribution >= 4 is 23.0 Å². The highest BCUT2D eigenvalue weighted by Crippen LogP contribution is 2.34. The molecule has 0 aliphatic carbocycles. The second-order valence-corrected chi connectivity index (χ2v) is 6.72. The minimum absolute atomic E-state index is 0.112. The molecule has 9 heteroatoms. The molecule has 1 N–H and O–H groups in total. The van der Waals surface area contributed by atoms with Gasteiger partial charge in [0.05, 0.1) is 16.1 Å². The molecule has 0 amide bonds. The molecular weight excluding hydrogens is 365 g/mol. The Balaban J connectivity index is 1.95. The zero-order valence-electron chi connectivity index (χ0n) is 14.2. The zero-order chi connectivity index (χ0) is 19.1. The first-order chi connectivity index (χ1) is 12.2. The van der Waals surface area contributed by atoms with Gasteiger partial charge in [-0.05, 0) is 37.6 Å². The van der Waals surface area contributed by atoms with Crippen LogP contribution in [0.4, 0.5) is 24.8 Å². The molecule has 0 spiro atoms. The van der Waals surface area contributed by atoms with E-state index < -0.39 is 11.7 Å². The van der Waals surface area contributed by atoms with Crippen LogP contribution in [0, 0.1) is 13.8 Å². The van der Waals surface area contributed by atoms with Crippen molar-refractivity contribution in [2.24, 2.45) is 7.05 Å². The Kier molecular flexibility index (Phi) is 4.57. The molecule has 0 saturated heterocycles. The predicted molar refractivity (Wildman–Crippen MR) is 94.8 cm³/mol. The predicted octanol–water partition coefficient (Wildman–Crippen LogP) is 4.28. The van der Waals surface area contributed by atoms with E-state index in [4.69, 9.17) is 0 Å². The van der Waals surface area contributed by atoms with E-state index in [-0.39, 0.29) is 22.1 Å². The number of nitrogens with one attached hydrogen (secondary N) is 1. The summed E-state index contributed by atoms with van der Waals surface area (Å²) in [6.07, 6.45) is -2.94. The van der Waals surface area contributed by atoms with Crippen molar-refractivity contribution in [3.63, 3.8) is 0 Å². The highest BCUT2D eigenvalue weighted by Gasteiger charge is 2.32. The van der Waals surface area contributed by atoms with E-state index in [2.05, 4.69) is 15.3 Å². The molecule has 0 aliphatic heterocycles. The maximum absolute atomic E-state index is 13.0. The minimum atomic E-state index is -4.43. The van der Waals surface area contributed by atoms with Gasteiger partial charge in [-0.15, -0.1) is 0 Å². The van der Waals surface area contributed by atoms with Crippen LogP contribution in [0.1, 0.15) is 16.8 Å². The van der Waals surface area contributed by atoms with Gasteiger partial charge in [0.25, 0.3) is 0 Å². The fraction of sp³-hybridized carbons (Fsp3) is 0.235. The van der Waals surface area contributed by atoms with Crippen molar-refractivity contribution in [3.05, 3.63) is 57.0 Å². The lowest BCUT2D eigenvalue weighted by Crippen LogP contribution is -2.08. The molecule has 2 heterocycles. The first kappa shape index (κ1) is 18.1. The van der Waals surface area contributed by atoms with Crippen LogP contribution >= 0.6 is 11.3 Å². The molecule has 26 heavy (non-hydrogen) atoms. The van der Waals surface area contributed by atoms with Crippen molar-refractivity contribution in [2.45, 2.75) is 20.0 Å². The molecule has 0 fully saturated rings. The maximum atomic E-state index is 13.0. The van der Waals surface area contributed by atoms with Crippen molar-refractivity contribution in [3.8, 4) is 10.6 Å². The van der Waals surface area contributed by atoms with Gasteiger partial charge in [0, 0.05) is 24.6 Å². The van der Waals surface area contributed by atoms with E-state index >= 15 is 0 Å². The molecule has 0 radical (unpaired) electrons. The van der Waals surface area contributed by atoms with Crippen molar-refractivity contribution in [1.82, 2.24) is 14.5 Å². The van der Waals surface area contributed by atoms with E-state index in [0.29, 0.717) is 10.6 Å². The molecule has 0 unspecified atom stereocenters. The Bertz CT molecular complexity index is 1020. The summed E-state index contributed by atoms with van der Waals surface area (Å²) in [4.78, 5) is 20.7. The summed E-state index contributed by atoms with van der Waals surface area (Å²) in [6.45, 7) is 3.21. The normalized spacial score (nSPS) is 11.6. The van der Waals surface area contributed by atoms with Gasteiger partial charge in [-0.3, -0.25) is 4.79 Å². The van der Waals surface area contributed by atoms with Crippen LogP contribution in [0.25, 0.3) is 10.6 Å². The van der Waals surface area contributed by atoms with E-state index in [9.17, 15) is 18.0 Å². The SMILES string of the molecule is Cc1ccc(Nc2nccc(-c3sc(=O)n(C)c3C)n2)cc1C(F)(F)F. The maximum Gasteiger partial charge on any atom is 0.416 e. The molecule has 1 aromatic carbocycles. The van der Waals surface area contributed by atoms with Crippen LogP contribution in [0.5, 0.6) is 0 Å². The first-order valence-electron chi connectivity index (χ1n) is 7.61. The van der Waals surface area contributed by atoms with Gasteiger partial charge in [0.2, 0.25) is 5.95 Å². The number of nitrogens with zero attached hydrogens (tertiary/aromatic N) is 3. The fourth-order valence-electron chi connectivity index (χ4n) is 2.44. The Morgan fingerprint density at radius 1 is 1.19 bits per heavy atom. The number of halogens is 3. The third-order valence-corrected chi connectivity index (χ3v) is 5.14. The number of aryl methyl sites for hydroxylation is 1. The number of rotatable bonds is 3. The quantitative estimate of drug-likeness (QED) is 0.737. The highest BCUT2D eigenvalue weighted by molar-refractivity contribution is 7.13. The van der Waals surface area contributed by atoms with Crippen LogP contribution in [0.15, 0.2) is 35.3 Å². The van der Waals surface area contributed by atoms with Crippen molar-refractivity contribution < 1.29 is 13.2 Å². The standard InChI is InChI=1S/C17H15F3N4OS/c1-9-4-5-11(8-12(9)17(18,19)20)22-15-21-7-6-13(23-15)14-10(2)24(3)16(25)26-14/h4-8H,1-3H3,(H,21,22,23). The third-order valence-electron chi connectivity index (χ3n) is 3.98. The van der Waals surface area contributed by atoms with E-state index in [1.54, 1.807) is 20.0 Å². The fourth-order valence-corrected chi connectivity index (χ4v) is 3.39. The van der Waals surface area contributed by atoms with Gasteiger partial charge in [0.15, 0.2) is 0 Å². The summed E-state index contributed by atoms with van der Waals surface area (Å²) in [7, 11) is 1.67. The molecule has 136 valence electrons. The van der Waals surface area contributed by atoms with E-state index in [1.807, 2.05) is 0 Å². The Hall–Kier alpha value is -2.68. The van der Waals surface area contributed by atoms with Crippen molar-refractivity contribution in [2.75, 3.05) is 5.32 Å². The highest BCUT2D eigenvalue weighted by atomic mass is 32.1. The summed E-state index contributed by atoms with van der Waals surface area (Å²) >= 11 is 1.06. The molecule has 0 atom stereocenters. The van der Waals surface area contributed by atoms with E-state index in [1.165, 1.54) is 29.8 Å². The largest absolute Gasteiger partial charge is 0.416 e. The molecule has 0 saturated carbocycles. The van der Waals surface area contributed by atoms with Gasteiger partial charge in [-0.25, -0.2) is 9.97 Å². The van der Waals surface area contributed by atoms with Crippen LogP contribution < -0.4 is 10.2 Å². The van der Waals surface area contributed by atoms with E-state index in [0.717, 1.165) is 23.1 Å².